The van der Waals surface area contributed by atoms with Crippen molar-refractivity contribution in [2.24, 2.45) is 17.3 Å². The summed E-state index contributed by atoms with van der Waals surface area (Å²) in [6.45, 7) is 3.53. The number of carboxylic acids is 1. The molecular weight excluding hydrogens is 256 g/mol. The predicted octanol–water partition coefficient (Wildman–Crippen LogP) is 2.03. The standard InChI is InChI=1S/C12H13ClN2O3/c1-12(2)8(9(12)11(17)18)10(16)15-7-5-6(13)3-4-14-7/h3-5,8-9H,1-2H3,(H,17,18)(H,14,15,16)/t8-,9+/m1/s1. The van der Waals surface area contributed by atoms with E-state index in [1.54, 1.807) is 19.9 Å². The fourth-order valence-corrected chi connectivity index (χ4v) is 2.42. The number of amides is 1. The Bertz CT molecular complexity index is 516. The van der Waals surface area contributed by atoms with Crippen LogP contribution >= 0.6 is 11.6 Å². The summed E-state index contributed by atoms with van der Waals surface area (Å²) in [5, 5.41) is 12.1. The quantitative estimate of drug-likeness (QED) is 0.879. The van der Waals surface area contributed by atoms with E-state index in [9.17, 15) is 9.59 Å². The molecule has 2 rings (SSSR count). The van der Waals surface area contributed by atoms with Crippen molar-refractivity contribution in [1.29, 1.82) is 0 Å². The minimum atomic E-state index is -0.945. The molecule has 6 heteroatoms. The zero-order chi connectivity index (χ0) is 13.5. The fraction of sp³-hybridized carbons (Fsp3) is 0.417. The summed E-state index contributed by atoms with van der Waals surface area (Å²) in [4.78, 5) is 26.9. The van der Waals surface area contributed by atoms with Crippen LogP contribution in [0.3, 0.4) is 0 Å². The Morgan fingerprint density at radius 1 is 1.44 bits per heavy atom. The summed E-state index contributed by atoms with van der Waals surface area (Å²) < 4.78 is 0. The van der Waals surface area contributed by atoms with Crippen LogP contribution in [-0.4, -0.2) is 22.0 Å². The molecule has 2 N–H and O–H groups in total. The van der Waals surface area contributed by atoms with Crippen molar-refractivity contribution in [1.82, 2.24) is 4.98 Å². The third-order valence-corrected chi connectivity index (χ3v) is 3.58. The van der Waals surface area contributed by atoms with Gasteiger partial charge in [-0.15, -0.1) is 0 Å². The number of hydrogen-bond acceptors (Lipinski definition) is 3. The van der Waals surface area contributed by atoms with Crippen LogP contribution in [0.25, 0.3) is 0 Å². The van der Waals surface area contributed by atoms with Gasteiger partial charge in [0.15, 0.2) is 0 Å². The number of nitrogens with one attached hydrogen (secondary N) is 1. The molecule has 5 nitrogen and oxygen atoms in total. The van der Waals surface area contributed by atoms with Crippen molar-refractivity contribution in [3.63, 3.8) is 0 Å². The third kappa shape index (κ3) is 2.18. The number of aliphatic carboxylic acids is 1. The minimum Gasteiger partial charge on any atom is -0.481 e. The minimum absolute atomic E-state index is 0.331. The first-order valence-corrected chi connectivity index (χ1v) is 5.87. The SMILES string of the molecule is CC1(C)[C@H](C(=O)O)[C@@H]1C(=O)Nc1cc(Cl)ccn1. The van der Waals surface area contributed by atoms with Crippen molar-refractivity contribution in [3.8, 4) is 0 Å². The van der Waals surface area contributed by atoms with E-state index in [4.69, 9.17) is 16.7 Å². The average molecular weight is 269 g/mol. The Kier molecular flexibility index (Phi) is 3.02. The molecule has 0 bridgehead atoms. The number of nitrogens with zero attached hydrogens (tertiary/aromatic N) is 1. The monoisotopic (exact) mass is 268 g/mol. The van der Waals surface area contributed by atoms with E-state index >= 15 is 0 Å². The van der Waals surface area contributed by atoms with Crippen LogP contribution in [-0.2, 0) is 9.59 Å². The summed E-state index contributed by atoms with van der Waals surface area (Å²) in [7, 11) is 0. The van der Waals surface area contributed by atoms with Crippen molar-refractivity contribution in [2.45, 2.75) is 13.8 Å². The molecule has 1 amide bonds. The van der Waals surface area contributed by atoms with Gasteiger partial charge in [-0.3, -0.25) is 9.59 Å². The first-order chi connectivity index (χ1) is 8.34. The molecule has 1 aliphatic rings. The van der Waals surface area contributed by atoms with Gasteiger partial charge in [-0.2, -0.15) is 0 Å². The predicted molar refractivity (Wildman–Crippen MR) is 66.3 cm³/mol. The molecule has 0 spiro atoms. The summed E-state index contributed by atoms with van der Waals surface area (Å²) in [6, 6.07) is 3.11. The maximum absolute atomic E-state index is 12.0. The Balaban J connectivity index is 2.08. The average Bonchev–Trinajstić information content (AvgIpc) is 2.81. The molecule has 0 aromatic carbocycles. The lowest BCUT2D eigenvalue weighted by molar-refractivity contribution is -0.140. The van der Waals surface area contributed by atoms with Crippen LogP contribution in [0.15, 0.2) is 18.3 Å². The topological polar surface area (TPSA) is 79.3 Å². The lowest BCUT2D eigenvalue weighted by Gasteiger charge is -2.05. The molecule has 1 aromatic heterocycles. The van der Waals surface area contributed by atoms with Gasteiger partial charge < -0.3 is 10.4 Å². The van der Waals surface area contributed by atoms with Gasteiger partial charge >= 0.3 is 5.97 Å². The van der Waals surface area contributed by atoms with Crippen molar-refractivity contribution >= 4 is 29.3 Å². The number of anilines is 1. The molecule has 1 fully saturated rings. The lowest BCUT2D eigenvalue weighted by Crippen LogP contribution is -2.18. The zero-order valence-corrected chi connectivity index (χ0v) is 10.7. The van der Waals surface area contributed by atoms with Gasteiger partial charge in [0.25, 0.3) is 0 Å². The normalized spacial score (nSPS) is 24.4. The first-order valence-electron chi connectivity index (χ1n) is 5.49. The summed E-state index contributed by atoms with van der Waals surface area (Å²) in [6.07, 6.45) is 1.48. The molecule has 18 heavy (non-hydrogen) atoms. The second kappa shape index (κ2) is 4.24. The highest BCUT2D eigenvalue weighted by Crippen LogP contribution is 2.58. The maximum atomic E-state index is 12.0. The summed E-state index contributed by atoms with van der Waals surface area (Å²) in [5.41, 5.74) is -0.519. The number of carbonyl (C=O) groups excluding carboxylic acids is 1. The van der Waals surface area contributed by atoms with Gasteiger partial charge in [-0.05, 0) is 17.5 Å². The number of carbonyl (C=O) groups is 2. The molecule has 0 saturated heterocycles. The maximum Gasteiger partial charge on any atom is 0.307 e. The van der Waals surface area contributed by atoms with Crippen molar-refractivity contribution < 1.29 is 14.7 Å². The van der Waals surface area contributed by atoms with Crippen LogP contribution in [0.5, 0.6) is 0 Å². The molecule has 0 radical (unpaired) electrons. The highest BCUT2D eigenvalue weighted by atomic mass is 35.5. The molecule has 0 aliphatic heterocycles. The number of pyridine rings is 1. The third-order valence-electron chi connectivity index (χ3n) is 3.35. The number of carboxylic acid groups (broad SMARTS) is 1. The van der Waals surface area contributed by atoms with E-state index in [0.29, 0.717) is 10.8 Å². The van der Waals surface area contributed by atoms with Crippen molar-refractivity contribution in [2.75, 3.05) is 5.32 Å². The first kappa shape index (κ1) is 12.8. The van der Waals surface area contributed by atoms with Crippen LogP contribution in [0.4, 0.5) is 5.82 Å². The lowest BCUT2D eigenvalue weighted by atomic mass is 10.1. The highest BCUT2D eigenvalue weighted by Gasteiger charge is 2.65. The van der Waals surface area contributed by atoms with Crippen LogP contribution in [0, 0.1) is 17.3 Å². The summed E-state index contributed by atoms with van der Waals surface area (Å²) >= 11 is 5.77. The van der Waals surface area contributed by atoms with Gasteiger partial charge in [-0.25, -0.2) is 4.98 Å². The largest absolute Gasteiger partial charge is 0.481 e. The zero-order valence-electron chi connectivity index (χ0n) is 9.98. The van der Waals surface area contributed by atoms with Crippen LogP contribution in [0.1, 0.15) is 13.8 Å². The van der Waals surface area contributed by atoms with E-state index in [2.05, 4.69) is 10.3 Å². The van der Waals surface area contributed by atoms with Crippen LogP contribution < -0.4 is 5.32 Å². The Morgan fingerprint density at radius 2 is 2.11 bits per heavy atom. The smallest absolute Gasteiger partial charge is 0.307 e. The number of aromatic nitrogens is 1. The number of rotatable bonds is 3. The molecular formula is C12H13ClN2O3. The van der Waals surface area contributed by atoms with Crippen LogP contribution in [0.2, 0.25) is 5.02 Å². The van der Waals surface area contributed by atoms with Gasteiger partial charge in [0.2, 0.25) is 5.91 Å². The van der Waals surface area contributed by atoms with Gasteiger partial charge in [0.05, 0.1) is 11.8 Å². The number of hydrogen-bond donors (Lipinski definition) is 2. The molecule has 96 valence electrons. The molecule has 1 heterocycles. The Labute approximate surface area is 109 Å². The molecule has 0 unspecified atom stereocenters. The molecule has 1 aromatic rings. The Morgan fingerprint density at radius 3 is 2.61 bits per heavy atom. The van der Waals surface area contributed by atoms with E-state index in [1.165, 1.54) is 12.3 Å². The van der Waals surface area contributed by atoms with E-state index < -0.39 is 23.2 Å². The van der Waals surface area contributed by atoms with Gasteiger partial charge in [-0.1, -0.05) is 25.4 Å². The fourth-order valence-electron chi connectivity index (χ4n) is 2.27. The van der Waals surface area contributed by atoms with Gasteiger partial charge in [0, 0.05) is 11.2 Å². The molecule has 1 aliphatic carbocycles. The Hall–Kier alpha value is -1.62. The van der Waals surface area contributed by atoms with Gasteiger partial charge in [0.1, 0.15) is 5.82 Å². The summed E-state index contributed by atoms with van der Waals surface area (Å²) in [5.74, 6) is -2.12. The van der Waals surface area contributed by atoms with E-state index in [1.807, 2.05) is 0 Å². The van der Waals surface area contributed by atoms with E-state index in [-0.39, 0.29) is 5.91 Å². The van der Waals surface area contributed by atoms with E-state index in [0.717, 1.165) is 0 Å². The number of halogens is 1. The molecule has 1 saturated carbocycles. The second-order valence-electron chi connectivity index (χ2n) is 4.96. The highest BCUT2D eigenvalue weighted by molar-refractivity contribution is 6.30. The second-order valence-corrected chi connectivity index (χ2v) is 5.40. The van der Waals surface area contributed by atoms with Crippen molar-refractivity contribution in [3.05, 3.63) is 23.4 Å². The molecule has 2 atom stereocenters.